The molecule has 0 spiro atoms. The van der Waals surface area contributed by atoms with Crippen LogP contribution in [-0.4, -0.2) is 23.8 Å². The van der Waals surface area contributed by atoms with Gasteiger partial charge in [0.2, 0.25) is 10.0 Å². The van der Waals surface area contributed by atoms with Crippen molar-refractivity contribution in [3.05, 3.63) is 95.6 Å². The summed E-state index contributed by atoms with van der Waals surface area (Å²) in [5, 5.41) is 12.4. The Morgan fingerprint density at radius 3 is 2.25 bits per heavy atom. The van der Waals surface area contributed by atoms with E-state index in [1.807, 2.05) is 30.3 Å². The van der Waals surface area contributed by atoms with Gasteiger partial charge >= 0.3 is 5.97 Å². The molecule has 1 aliphatic rings. The number of rotatable bonds is 4. The third-order valence-corrected chi connectivity index (χ3v) is 6.58. The van der Waals surface area contributed by atoms with Gasteiger partial charge in [-0.1, -0.05) is 54.6 Å². The van der Waals surface area contributed by atoms with E-state index in [1.165, 1.54) is 16.4 Å². The second kappa shape index (κ2) is 7.10. The topological polar surface area (TPSA) is 86.7 Å². The molecule has 2 N–H and O–H groups in total. The van der Waals surface area contributed by atoms with Gasteiger partial charge in [0.15, 0.2) is 0 Å². The van der Waals surface area contributed by atoms with E-state index in [9.17, 15) is 13.2 Å². The summed E-state index contributed by atoms with van der Waals surface area (Å²) in [7, 11) is -3.75. The van der Waals surface area contributed by atoms with Crippen molar-refractivity contribution in [3.8, 4) is 0 Å². The average molecular weight is 394 g/mol. The van der Waals surface area contributed by atoms with Crippen LogP contribution in [0.25, 0.3) is 0 Å². The van der Waals surface area contributed by atoms with Crippen molar-refractivity contribution in [3.63, 3.8) is 0 Å². The zero-order valence-corrected chi connectivity index (χ0v) is 15.6. The zero-order valence-electron chi connectivity index (χ0n) is 14.8. The molecule has 3 aromatic carbocycles. The van der Waals surface area contributed by atoms with Gasteiger partial charge in [0.1, 0.15) is 11.1 Å². The Balaban J connectivity index is 1.81. The first-order valence-electron chi connectivity index (χ1n) is 8.71. The third kappa shape index (κ3) is 3.26. The quantitative estimate of drug-likeness (QED) is 0.705. The number of hydrogen-bond acceptors (Lipinski definition) is 4. The number of nitrogens with one attached hydrogen (secondary N) is 1. The van der Waals surface area contributed by atoms with Crippen molar-refractivity contribution in [1.82, 2.24) is 4.31 Å². The molecule has 0 saturated heterocycles. The van der Waals surface area contributed by atoms with E-state index in [1.54, 1.807) is 36.4 Å². The summed E-state index contributed by atoms with van der Waals surface area (Å²) in [5.74, 6) is -1.03. The normalized spacial score (nSPS) is 18.1. The fourth-order valence-electron chi connectivity index (χ4n) is 3.29. The van der Waals surface area contributed by atoms with Crippen molar-refractivity contribution in [2.45, 2.75) is 17.6 Å². The summed E-state index contributed by atoms with van der Waals surface area (Å²) in [5.41, 5.74) is 2.20. The van der Waals surface area contributed by atoms with E-state index in [4.69, 9.17) is 5.11 Å². The molecule has 0 radical (unpaired) electrons. The summed E-state index contributed by atoms with van der Waals surface area (Å²) < 4.78 is 28.1. The lowest BCUT2D eigenvalue weighted by molar-refractivity contribution is 0.0697. The monoisotopic (exact) mass is 394 g/mol. The maximum atomic E-state index is 13.4. The molecule has 28 heavy (non-hydrogen) atoms. The standard InChI is InChI=1S/C21H18N2O4S/c24-21(25)17-12-10-16(11-13-17)20-22-18-8-4-5-9-19(18)28(26,27)23(20)14-15-6-2-1-3-7-15/h1-13,20,22H,14H2,(H,24,25). The van der Waals surface area contributed by atoms with Gasteiger partial charge in [-0.2, -0.15) is 4.31 Å². The van der Waals surface area contributed by atoms with Crippen LogP contribution in [0.1, 0.15) is 27.7 Å². The van der Waals surface area contributed by atoms with E-state index in [-0.39, 0.29) is 17.0 Å². The van der Waals surface area contributed by atoms with Crippen LogP contribution >= 0.6 is 0 Å². The van der Waals surface area contributed by atoms with Gasteiger partial charge in [-0.3, -0.25) is 0 Å². The molecule has 0 amide bonds. The number of carbonyl (C=O) groups is 1. The van der Waals surface area contributed by atoms with E-state index in [2.05, 4.69) is 5.32 Å². The fourth-order valence-corrected chi connectivity index (χ4v) is 4.97. The average Bonchev–Trinajstić information content (AvgIpc) is 2.71. The zero-order chi connectivity index (χ0) is 19.7. The van der Waals surface area contributed by atoms with Crippen LogP contribution in [0.15, 0.2) is 83.8 Å². The van der Waals surface area contributed by atoms with Crippen molar-refractivity contribution >= 4 is 21.7 Å². The molecule has 0 saturated carbocycles. The molecule has 6 nitrogen and oxygen atoms in total. The SMILES string of the molecule is O=C(O)c1ccc(C2Nc3ccccc3S(=O)(=O)N2Cc2ccccc2)cc1. The molecule has 1 heterocycles. The van der Waals surface area contributed by atoms with Crippen molar-refractivity contribution in [2.24, 2.45) is 0 Å². The Morgan fingerprint density at radius 1 is 0.929 bits per heavy atom. The summed E-state index contributed by atoms with van der Waals surface area (Å²) >= 11 is 0. The first-order chi connectivity index (χ1) is 13.5. The number of anilines is 1. The van der Waals surface area contributed by atoms with Crippen molar-refractivity contribution < 1.29 is 18.3 Å². The van der Waals surface area contributed by atoms with Crippen LogP contribution in [0.4, 0.5) is 5.69 Å². The van der Waals surface area contributed by atoms with Crippen LogP contribution in [-0.2, 0) is 16.6 Å². The van der Waals surface area contributed by atoms with Gasteiger partial charge in [-0.15, -0.1) is 0 Å². The number of carboxylic acids is 1. The van der Waals surface area contributed by atoms with Crippen LogP contribution < -0.4 is 5.32 Å². The van der Waals surface area contributed by atoms with Gasteiger partial charge in [-0.05, 0) is 35.4 Å². The summed E-state index contributed by atoms with van der Waals surface area (Å²) in [6.07, 6.45) is -0.650. The predicted molar refractivity (Wildman–Crippen MR) is 105 cm³/mol. The third-order valence-electron chi connectivity index (χ3n) is 4.71. The van der Waals surface area contributed by atoms with Gasteiger partial charge in [0, 0.05) is 6.54 Å². The Kier molecular flexibility index (Phi) is 4.62. The Hall–Kier alpha value is -3.16. The molecule has 0 fully saturated rings. The number of para-hydroxylation sites is 1. The van der Waals surface area contributed by atoms with Crippen molar-refractivity contribution in [1.29, 1.82) is 0 Å². The maximum absolute atomic E-state index is 13.4. The largest absolute Gasteiger partial charge is 0.478 e. The number of fused-ring (bicyclic) bond motifs is 1. The highest BCUT2D eigenvalue weighted by Crippen LogP contribution is 2.39. The minimum absolute atomic E-state index is 0.150. The van der Waals surface area contributed by atoms with E-state index in [0.717, 1.165) is 5.56 Å². The molecule has 1 aliphatic heterocycles. The van der Waals surface area contributed by atoms with Crippen LogP contribution in [0.3, 0.4) is 0 Å². The number of benzene rings is 3. The summed E-state index contributed by atoms with van der Waals surface area (Å²) in [4.78, 5) is 11.4. The van der Waals surface area contributed by atoms with Crippen LogP contribution in [0.5, 0.6) is 0 Å². The Morgan fingerprint density at radius 2 is 1.57 bits per heavy atom. The van der Waals surface area contributed by atoms with Gasteiger partial charge in [0.25, 0.3) is 0 Å². The lowest BCUT2D eigenvalue weighted by Gasteiger charge is -2.37. The van der Waals surface area contributed by atoms with Crippen molar-refractivity contribution in [2.75, 3.05) is 5.32 Å². The molecule has 0 aromatic heterocycles. The maximum Gasteiger partial charge on any atom is 0.335 e. The summed E-state index contributed by atoms with van der Waals surface area (Å²) in [6.45, 7) is 0.190. The molecule has 1 atom stereocenters. The first-order valence-corrected chi connectivity index (χ1v) is 10.2. The highest BCUT2D eigenvalue weighted by molar-refractivity contribution is 7.89. The van der Waals surface area contributed by atoms with Gasteiger partial charge < -0.3 is 10.4 Å². The predicted octanol–water partition coefficient (Wildman–Crippen LogP) is 3.70. The first kappa shape index (κ1) is 18.2. The van der Waals surface area contributed by atoms with E-state index < -0.39 is 22.2 Å². The molecule has 0 aliphatic carbocycles. The summed E-state index contributed by atoms with van der Waals surface area (Å²) in [6, 6.07) is 22.4. The Labute approximate surface area is 163 Å². The molecule has 142 valence electrons. The highest BCUT2D eigenvalue weighted by atomic mass is 32.2. The minimum atomic E-state index is -3.75. The Bertz CT molecular complexity index is 1110. The molecule has 0 bridgehead atoms. The molecule has 1 unspecified atom stereocenters. The number of aromatic carboxylic acids is 1. The molecule has 7 heteroatoms. The van der Waals surface area contributed by atoms with Gasteiger partial charge in [0.05, 0.1) is 11.3 Å². The number of carboxylic acid groups (broad SMARTS) is 1. The second-order valence-corrected chi connectivity index (χ2v) is 8.37. The lowest BCUT2D eigenvalue weighted by Crippen LogP contribution is -2.42. The molecule has 3 aromatic rings. The smallest absolute Gasteiger partial charge is 0.335 e. The van der Waals surface area contributed by atoms with Crippen LogP contribution in [0, 0.1) is 0 Å². The second-order valence-electron chi connectivity index (χ2n) is 6.51. The fraction of sp³-hybridized carbons (Fsp3) is 0.0952. The highest BCUT2D eigenvalue weighted by Gasteiger charge is 2.38. The number of nitrogens with zero attached hydrogens (tertiary/aromatic N) is 1. The van der Waals surface area contributed by atoms with E-state index >= 15 is 0 Å². The van der Waals surface area contributed by atoms with Crippen LogP contribution in [0.2, 0.25) is 0 Å². The molecular weight excluding hydrogens is 376 g/mol. The molecular formula is C21H18N2O4S. The van der Waals surface area contributed by atoms with Gasteiger partial charge in [-0.25, -0.2) is 13.2 Å². The van der Waals surface area contributed by atoms with E-state index in [0.29, 0.717) is 11.3 Å². The minimum Gasteiger partial charge on any atom is -0.478 e. The number of hydrogen-bond donors (Lipinski definition) is 2. The lowest BCUT2D eigenvalue weighted by atomic mass is 10.1. The molecule has 4 rings (SSSR count). The number of sulfonamides is 1.